The van der Waals surface area contributed by atoms with Gasteiger partial charge in [-0.05, 0) is 30.5 Å². The molecule has 1 saturated heterocycles. The highest BCUT2D eigenvalue weighted by molar-refractivity contribution is 5.54. The van der Waals surface area contributed by atoms with Crippen LogP contribution in [0.25, 0.3) is 6.08 Å². The van der Waals surface area contributed by atoms with Gasteiger partial charge in [0.05, 0.1) is 6.20 Å². The molecule has 0 spiro atoms. The largest absolute Gasteiger partial charge is 0.355 e. The highest BCUT2D eigenvalue weighted by Gasteiger charge is 2.15. The Hall–Kier alpha value is -2.30. The fourth-order valence-electron chi connectivity index (χ4n) is 2.46. The number of aromatic nitrogens is 2. The van der Waals surface area contributed by atoms with Crippen molar-refractivity contribution in [3.05, 3.63) is 59.6 Å². The first kappa shape index (κ1) is 13.7. The molecule has 0 amide bonds. The van der Waals surface area contributed by atoms with Crippen LogP contribution in [0.2, 0.25) is 0 Å². The van der Waals surface area contributed by atoms with Crippen LogP contribution >= 0.6 is 0 Å². The van der Waals surface area contributed by atoms with Gasteiger partial charge >= 0.3 is 0 Å². The second kappa shape index (κ2) is 5.99. The Bertz CT molecular complexity index is 646. The van der Waals surface area contributed by atoms with Crippen LogP contribution < -0.4 is 4.90 Å². The molecular formula is C16H15F2N3. The zero-order valence-corrected chi connectivity index (χ0v) is 11.5. The number of hydrogen-bond acceptors (Lipinski definition) is 3. The highest BCUT2D eigenvalue weighted by atomic mass is 19.2. The summed E-state index contributed by atoms with van der Waals surface area (Å²) in [6.45, 7) is 1.71. The third-order valence-corrected chi connectivity index (χ3v) is 3.59. The molecule has 0 atom stereocenters. The number of anilines is 1. The van der Waals surface area contributed by atoms with E-state index in [1.807, 2.05) is 6.08 Å². The van der Waals surface area contributed by atoms with E-state index in [0.29, 0.717) is 5.56 Å². The Balaban J connectivity index is 1.68. The van der Waals surface area contributed by atoms with Gasteiger partial charge in [0.2, 0.25) is 0 Å². The Morgan fingerprint density at radius 1 is 1.05 bits per heavy atom. The lowest BCUT2D eigenvalue weighted by molar-refractivity contribution is 0.508. The number of piperidine rings is 1. The van der Waals surface area contributed by atoms with Crippen molar-refractivity contribution in [3.8, 4) is 0 Å². The topological polar surface area (TPSA) is 29.0 Å². The fourth-order valence-corrected chi connectivity index (χ4v) is 2.46. The first-order valence-electron chi connectivity index (χ1n) is 6.88. The van der Waals surface area contributed by atoms with E-state index in [1.54, 1.807) is 24.7 Å². The summed E-state index contributed by atoms with van der Waals surface area (Å²) < 4.78 is 26.1. The van der Waals surface area contributed by atoms with E-state index < -0.39 is 11.6 Å². The van der Waals surface area contributed by atoms with Crippen LogP contribution in [0.15, 0.2) is 42.4 Å². The maximum atomic E-state index is 13.2. The Labute approximate surface area is 122 Å². The molecule has 108 valence electrons. The van der Waals surface area contributed by atoms with Crippen LogP contribution in [-0.2, 0) is 0 Å². The van der Waals surface area contributed by atoms with Gasteiger partial charge in [0.15, 0.2) is 11.6 Å². The maximum Gasteiger partial charge on any atom is 0.159 e. The van der Waals surface area contributed by atoms with Gasteiger partial charge < -0.3 is 4.90 Å². The van der Waals surface area contributed by atoms with Gasteiger partial charge in [0, 0.05) is 25.5 Å². The van der Waals surface area contributed by atoms with Crippen molar-refractivity contribution >= 4 is 11.9 Å². The molecule has 2 heterocycles. The van der Waals surface area contributed by atoms with E-state index in [0.717, 1.165) is 37.8 Å². The van der Waals surface area contributed by atoms with Gasteiger partial charge in [-0.2, -0.15) is 0 Å². The van der Waals surface area contributed by atoms with Gasteiger partial charge in [-0.15, -0.1) is 0 Å². The Morgan fingerprint density at radius 3 is 2.52 bits per heavy atom. The molecule has 3 rings (SSSR count). The summed E-state index contributed by atoms with van der Waals surface area (Å²) in [5, 5.41) is 0. The first-order valence-corrected chi connectivity index (χ1v) is 6.88. The summed E-state index contributed by atoms with van der Waals surface area (Å²) in [4.78, 5) is 10.5. The van der Waals surface area contributed by atoms with Crippen molar-refractivity contribution < 1.29 is 8.78 Å². The second-order valence-corrected chi connectivity index (χ2v) is 5.03. The molecule has 5 heteroatoms. The number of hydrogen-bond donors (Lipinski definition) is 0. The third-order valence-electron chi connectivity index (χ3n) is 3.59. The van der Waals surface area contributed by atoms with Gasteiger partial charge in [-0.1, -0.05) is 17.7 Å². The molecule has 0 bridgehead atoms. The Kier molecular flexibility index (Phi) is 3.90. The van der Waals surface area contributed by atoms with Gasteiger partial charge in [0.1, 0.15) is 5.82 Å². The molecule has 1 aromatic heterocycles. The zero-order chi connectivity index (χ0) is 14.7. The molecule has 0 radical (unpaired) electrons. The second-order valence-electron chi connectivity index (χ2n) is 5.03. The summed E-state index contributed by atoms with van der Waals surface area (Å²) in [6, 6.07) is 3.99. The van der Waals surface area contributed by atoms with E-state index in [-0.39, 0.29) is 0 Å². The van der Waals surface area contributed by atoms with Crippen LogP contribution in [0.5, 0.6) is 0 Å². The van der Waals surface area contributed by atoms with Crippen molar-refractivity contribution in [2.45, 2.75) is 12.8 Å². The maximum absolute atomic E-state index is 13.2. The molecule has 21 heavy (non-hydrogen) atoms. The first-order chi connectivity index (χ1) is 10.2. The normalized spacial score (nSPS) is 15.1. The molecule has 0 saturated carbocycles. The molecule has 1 fully saturated rings. The van der Waals surface area contributed by atoms with Crippen LogP contribution in [0.1, 0.15) is 18.4 Å². The Morgan fingerprint density at radius 2 is 1.86 bits per heavy atom. The lowest BCUT2D eigenvalue weighted by Gasteiger charge is -2.29. The van der Waals surface area contributed by atoms with E-state index in [1.165, 1.54) is 11.6 Å². The number of nitrogens with zero attached hydrogens (tertiary/aromatic N) is 3. The highest BCUT2D eigenvalue weighted by Crippen LogP contribution is 2.23. The minimum Gasteiger partial charge on any atom is -0.355 e. The molecule has 0 unspecified atom stereocenters. The molecule has 0 aliphatic carbocycles. The molecule has 1 aromatic carbocycles. The number of halogens is 2. The molecule has 0 N–H and O–H groups in total. The van der Waals surface area contributed by atoms with E-state index in [2.05, 4.69) is 14.9 Å². The summed E-state index contributed by atoms with van der Waals surface area (Å²) >= 11 is 0. The van der Waals surface area contributed by atoms with Gasteiger partial charge in [-0.3, -0.25) is 4.98 Å². The van der Waals surface area contributed by atoms with Gasteiger partial charge in [0.25, 0.3) is 0 Å². The van der Waals surface area contributed by atoms with Crippen LogP contribution in [0.3, 0.4) is 0 Å². The fraction of sp³-hybridized carbons (Fsp3) is 0.250. The SMILES string of the molecule is Fc1ccc(C=C2CCN(c3cnccn3)CC2)cc1F. The van der Waals surface area contributed by atoms with Crippen molar-refractivity contribution in [2.24, 2.45) is 0 Å². The smallest absolute Gasteiger partial charge is 0.159 e. The molecule has 1 aliphatic heterocycles. The lowest BCUT2D eigenvalue weighted by Crippen LogP contribution is -2.31. The number of rotatable bonds is 2. The average Bonchev–Trinajstić information content (AvgIpc) is 2.53. The van der Waals surface area contributed by atoms with Crippen LogP contribution in [0, 0.1) is 11.6 Å². The lowest BCUT2D eigenvalue weighted by atomic mass is 10.0. The average molecular weight is 287 g/mol. The van der Waals surface area contributed by atoms with Crippen LogP contribution in [-0.4, -0.2) is 23.1 Å². The molecule has 3 nitrogen and oxygen atoms in total. The predicted octanol–water partition coefficient (Wildman–Crippen LogP) is 3.44. The summed E-state index contributed by atoms with van der Waals surface area (Å²) in [7, 11) is 0. The third kappa shape index (κ3) is 3.24. The summed E-state index contributed by atoms with van der Waals surface area (Å²) in [5.41, 5.74) is 1.94. The quantitative estimate of drug-likeness (QED) is 0.847. The van der Waals surface area contributed by atoms with E-state index in [9.17, 15) is 8.78 Å². The number of benzene rings is 1. The van der Waals surface area contributed by atoms with Crippen molar-refractivity contribution in [1.82, 2.24) is 9.97 Å². The zero-order valence-electron chi connectivity index (χ0n) is 11.5. The molecule has 2 aromatic rings. The monoisotopic (exact) mass is 287 g/mol. The van der Waals surface area contributed by atoms with E-state index >= 15 is 0 Å². The van der Waals surface area contributed by atoms with Crippen molar-refractivity contribution in [3.63, 3.8) is 0 Å². The predicted molar refractivity (Wildman–Crippen MR) is 77.8 cm³/mol. The van der Waals surface area contributed by atoms with Crippen molar-refractivity contribution in [2.75, 3.05) is 18.0 Å². The standard InChI is InChI=1S/C16H15F2N3/c17-14-2-1-13(10-15(14)18)9-12-3-7-21(8-4-12)16-11-19-5-6-20-16/h1-2,5-6,9-11H,3-4,7-8H2. The minimum atomic E-state index is -0.811. The molecule has 1 aliphatic rings. The summed E-state index contributed by atoms with van der Waals surface area (Å²) in [6.07, 6.45) is 8.80. The molecular weight excluding hydrogens is 272 g/mol. The summed E-state index contributed by atoms with van der Waals surface area (Å²) in [5.74, 6) is -0.736. The van der Waals surface area contributed by atoms with Gasteiger partial charge in [-0.25, -0.2) is 13.8 Å². The van der Waals surface area contributed by atoms with E-state index in [4.69, 9.17) is 0 Å². The van der Waals surface area contributed by atoms with Crippen molar-refractivity contribution in [1.29, 1.82) is 0 Å². The minimum absolute atomic E-state index is 0.705. The van der Waals surface area contributed by atoms with Crippen LogP contribution in [0.4, 0.5) is 14.6 Å².